The van der Waals surface area contributed by atoms with E-state index < -0.39 is 0 Å². The molecular weight excluding hydrogens is 314 g/mol. The van der Waals surface area contributed by atoms with Crippen molar-refractivity contribution in [3.63, 3.8) is 0 Å². The lowest BCUT2D eigenvalue weighted by Crippen LogP contribution is -2.30. The van der Waals surface area contributed by atoms with Gasteiger partial charge < -0.3 is 0 Å². The lowest BCUT2D eigenvalue weighted by atomic mass is 9.64. The van der Waals surface area contributed by atoms with Gasteiger partial charge in [0, 0.05) is 0 Å². The number of allylic oxidation sites excluding steroid dienone is 2. The van der Waals surface area contributed by atoms with Gasteiger partial charge in [-0.25, -0.2) is 0 Å². The molecule has 0 spiro atoms. The predicted molar refractivity (Wildman–Crippen MR) is 113 cm³/mol. The van der Waals surface area contributed by atoms with Crippen LogP contribution in [0.5, 0.6) is 0 Å². The third-order valence-corrected chi connectivity index (χ3v) is 7.40. The first-order valence-electron chi connectivity index (χ1n) is 11.8. The summed E-state index contributed by atoms with van der Waals surface area (Å²) in [6.45, 7) is 4.55. The Hall–Kier alpha value is -0.770. The van der Waals surface area contributed by atoms with E-state index in [2.05, 4.69) is 32.1 Å². The van der Waals surface area contributed by atoms with Crippen LogP contribution in [0.3, 0.4) is 0 Å². The highest BCUT2D eigenvalue weighted by atomic mass is 14.4. The molecule has 0 bridgehead atoms. The minimum Gasteiger partial charge on any atom is -0.198 e. The van der Waals surface area contributed by atoms with Crippen molar-refractivity contribution in [2.75, 3.05) is 0 Å². The molecule has 0 aromatic heterocycles. The van der Waals surface area contributed by atoms with Crippen LogP contribution in [0, 0.1) is 34.5 Å². The van der Waals surface area contributed by atoms with Crippen LogP contribution in [-0.4, -0.2) is 0 Å². The molecule has 0 unspecified atom stereocenters. The number of nitriles is 1. The molecule has 0 saturated heterocycles. The summed E-state index contributed by atoms with van der Waals surface area (Å²) in [4.78, 5) is 0. The fourth-order valence-electron chi connectivity index (χ4n) is 5.41. The fraction of sp³-hybridized carbons (Fsp3) is 0.880. The quantitative estimate of drug-likeness (QED) is 0.285. The second-order valence-electron chi connectivity index (χ2n) is 9.32. The van der Waals surface area contributed by atoms with E-state index in [1.807, 2.05) is 0 Å². The van der Waals surface area contributed by atoms with Crippen LogP contribution in [-0.2, 0) is 0 Å². The Labute approximate surface area is 163 Å². The smallest absolute Gasteiger partial charge is 0.0693 e. The molecule has 0 radical (unpaired) electrons. The molecule has 0 heterocycles. The van der Waals surface area contributed by atoms with Gasteiger partial charge in [-0.15, -0.1) is 0 Å². The van der Waals surface area contributed by atoms with E-state index in [1.165, 1.54) is 83.5 Å². The van der Waals surface area contributed by atoms with E-state index in [0.29, 0.717) is 0 Å². The first kappa shape index (κ1) is 21.5. The molecule has 1 heteroatoms. The van der Waals surface area contributed by atoms with Crippen molar-refractivity contribution in [2.24, 2.45) is 23.2 Å². The van der Waals surface area contributed by atoms with Gasteiger partial charge in [-0.1, -0.05) is 77.4 Å². The van der Waals surface area contributed by atoms with Gasteiger partial charge in [0.15, 0.2) is 0 Å². The first-order chi connectivity index (χ1) is 12.7. The summed E-state index contributed by atoms with van der Waals surface area (Å²) in [7, 11) is 0. The van der Waals surface area contributed by atoms with E-state index in [-0.39, 0.29) is 5.41 Å². The lowest BCUT2D eigenvalue weighted by Gasteiger charge is -2.40. The standard InChI is InChI=1S/C25H43N/c1-3-5-7-8-10-18-25(21-26)19-16-24(17-20-25)23-14-12-22(13-15-23)11-9-6-4-2/h8,10,22-24H,3-7,9,11-20H2,1-2H3/b10-8-. The van der Waals surface area contributed by atoms with E-state index in [4.69, 9.17) is 0 Å². The zero-order chi connectivity index (χ0) is 18.7. The van der Waals surface area contributed by atoms with E-state index in [9.17, 15) is 5.26 Å². The average Bonchev–Trinajstić information content (AvgIpc) is 2.69. The Morgan fingerprint density at radius 3 is 2.12 bits per heavy atom. The van der Waals surface area contributed by atoms with Crippen molar-refractivity contribution in [2.45, 2.75) is 117 Å². The van der Waals surface area contributed by atoms with Gasteiger partial charge in [-0.3, -0.25) is 0 Å². The molecule has 1 nitrogen and oxygen atoms in total. The third kappa shape index (κ3) is 6.75. The summed E-state index contributed by atoms with van der Waals surface area (Å²) in [5.74, 6) is 2.90. The molecule has 2 fully saturated rings. The van der Waals surface area contributed by atoms with Crippen LogP contribution in [0.4, 0.5) is 0 Å². The highest BCUT2D eigenvalue weighted by Gasteiger charge is 2.37. The molecule has 0 atom stereocenters. The fourth-order valence-corrected chi connectivity index (χ4v) is 5.41. The van der Waals surface area contributed by atoms with Gasteiger partial charge in [-0.2, -0.15) is 5.26 Å². The van der Waals surface area contributed by atoms with Gasteiger partial charge >= 0.3 is 0 Å². The number of nitrogens with zero attached hydrogens (tertiary/aromatic N) is 1. The summed E-state index contributed by atoms with van der Waals surface area (Å²) in [5.41, 5.74) is -0.0451. The van der Waals surface area contributed by atoms with Crippen LogP contribution in [0.2, 0.25) is 0 Å². The molecule has 2 saturated carbocycles. The lowest BCUT2D eigenvalue weighted by molar-refractivity contribution is 0.121. The highest BCUT2D eigenvalue weighted by molar-refractivity contribution is 5.06. The van der Waals surface area contributed by atoms with Crippen LogP contribution in [0.1, 0.15) is 117 Å². The molecule has 148 valence electrons. The number of unbranched alkanes of at least 4 members (excludes halogenated alkanes) is 4. The third-order valence-electron chi connectivity index (χ3n) is 7.40. The average molecular weight is 358 g/mol. The van der Waals surface area contributed by atoms with Crippen molar-refractivity contribution in [3.05, 3.63) is 12.2 Å². The van der Waals surface area contributed by atoms with Crippen molar-refractivity contribution in [1.82, 2.24) is 0 Å². The monoisotopic (exact) mass is 357 g/mol. The molecule has 0 aromatic rings. The van der Waals surface area contributed by atoms with Crippen LogP contribution < -0.4 is 0 Å². The van der Waals surface area contributed by atoms with Gasteiger partial charge in [0.1, 0.15) is 0 Å². The van der Waals surface area contributed by atoms with Crippen molar-refractivity contribution < 1.29 is 0 Å². The molecule has 0 aromatic carbocycles. The SMILES string of the molecule is CCCC/C=C\CC1(C#N)CCC(C2CCC(CCCCC)CC2)CC1. The van der Waals surface area contributed by atoms with Gasteiger partial charge in [0.2, 0.25) is 0 Å². The number of hydrogen-bond donors (Lipinski definition) is 0. The Balaban J connectivity index is 1.70. The van der Waals surface area contributed by atoms with E-state index in [0.717, 1.165) is 37.0 Å². The molecule has 2 aliphatic rings. The van der Waals surface area contributed by atoms with Crippen molar-refractivity contribution >= 4 is 0 Å². The molecule has 2 aliphatic carbocycles. The van der Waals surface area contributed by atoms with E-state index in [1.54, 1.807) is 0 Å². The van der Waals surface area contributed by atoms with Crippen molar-refractivity contribution in [1.29, 1.82) is 5.26 Å². The zero-order valence-electron chi connectivity index (χ0n) is 17.6. The van der Waals surface area contributed by atoms with Crippen LogP contribution >= 0.6 is 0 Å². The minimum atomic E-state index is -0.0451. The van der Waals surface area contributed by atoms with Crippen LogP contribution in [0.15, 0.2) is 12.2 Å². The normalized spacial score (nSPS) is 32.6. The first-order valence-corrected chi connectivity index (χ1v) is 11.8. The Bertz CT molecular complexity index is 428. The van der Waals surface area contributed by atoms with Crippen LogP contribution in [0.25, 0.3) is 0 Å². The molecule has 26 heavy (non-hydrogen) atoms. The van der Waals surface area contributed by atoms with Gasteiger partial charge in [0.05, 0.1) is 11.5 Å². The zero-order valence-corrected chi connectivity index (χ0v) is 17.6. The molecular formula is C25H43N. The second-order valence-corrected chi connectivity index (χ2v) is 9.32. The topological polar surface area (TPSA) is 23.8 Å². The maximum Gasteiger partial charge on any atom is 0.0693 e. The van der Waals surface area contributed by atoms with Gasteiger partial charge in [-0.05, 0) is 69.1 Å². The maximum atomic E-state index is 9.79. The molecule has 0 N–H and O–H groups in total. The number of hydrogen-bond acceptors (Lipinski definition) is 1. The summed E-state index contributed by atoms with van der Waals surface area (Å²) in [6.07, 6.45) is 25.8. The maximum absolute atomic E-state index is 9.79. The Morgan fingerprint density at radius 2 is 1.50 bits per heavy atom. The Kier molecular flexibility index (Phi) is 9.80. The minimum absolute atomic E-state index is 0.0451. The molecule has 2 rings (SSSR count). The molecule has 0 amide bonds. The highest BCUT2D eigenvalue weighted by Crippen LogP contribution is 2.47. The largest absolute Gasteiger partial charge is 0.198 e. The summed E-state index contributed by atoms with van der Waals surface area (Å²) < 4.78 is 0. The summed E-state index contributed by atoms with van der Waals surface area (Å²) in [5, 5.41) is 9.79. The summed E-state index contributed by atoms with van der Waals surface area (Å²) >= 11 is 0. The second kappa shape index (κ2) is 11.8. The van der Waals surface area contributed by atoms with Crippen molar-refractivity contribution in [3.8, 4) is 6.07 Å². The molecule has 0 aliphatic heterocycles. The van der Waals surface area contributed by atoms with E-state index >= 15 is 0 Å². The van der Waals surface area contributed by atoms with Gasteiger partial charge in [0.25, 0.3) is 0 Å². The summed E-state index contributed by atoms with van der Waals surface area (Å²) in [6, 6.07) is 2.72. The predicted octanol–water partition coefficient (Wildman–Crippen LogP) is 8.21. The Morgan fingerprint density at radius 1 is 0.846 bits per heavy atom. The number of rotatable bonds is 10.